The van der Waals surface area contributed by atoms with Gasteiger partial charge in [0.1, 0.15) is 17.0 Å². The molecule has 2 saturated carbocycles. The molecule has 0 radical (unpaired) electrons. The van der Waals surface area contributed by atoms with Gasteiger partial charge in [-0.05, 0) is 38.0 Å². The lowest BCUT2D eigenvalue weighted by atomic mass is 9.94. The van der Waals surface area contributed by atoms with Crippen molar-refractivity contribution in [2.24, 2.45) is 5.92 Å². The number of hydrogen-bond acceptors (Lipinski definition) is 6. The lowest BCUT2D eigenvalue weighted by Gasteiger charge is -2.27. The van der Waals surface area contributed by atoms with Crippen LogP contribution in [0.4, 0.5) is 13.2 Å². The Hall–Kier alpha value is -2.65. The molecule has 2 aromatic rings. The van der Waals surface area contributed by atoms with E-state index in [0.717, 1.165) is 25.7 Å². The molecule has 7 nitrogen and oxygen atoms in total. The van der Waals surface area contributed by atoms with Crippen molar-refractivity contribution < 1.29 is 27.1 Å². The fraction of sp³-hybridized carbons (Fsp3) is 0.600. The van der Waals surface area contributed by atoms with Crippen LogP contribution in [0, 0.1) is 12.8 Å². The van der Waals surface area contributed by atoms with E-state index >= 15 is 0 Å². The molecule has 0 saturated heterocycles. The highest BCUT2D eigenvalue weighted by molar-refractivity contribution is 5.93. The van der Waals surface area contributed by atoms with Crippen LogP contribution < -0.4 is 10.1 Å². The third kappa shape index (κ3) is 4.91. The normalized spacial score (nSPS) is 18.7. The highest BCUT2D eigenvalue weighted by Crippen LogP contribution is 2.44. The molecule has 2 heterocycles. The predicted octanol–water partition coefficient (Wildman–Crippen LogP) is 4.04. The zero-order chi connectivity index (χ0) is 21.5. The summed E-state index contributed by atoms with van der Waals surface area (Å²) < 4.78 is 48.5. The standard InChI is InChI=1S/C20H23F3N4O3/c1-11-26-27-18(30-11)19(2,8-12-3-4-12)25-17(28)15-7-16(29-10-20(21,22)23)14(9-24-15)13-5-6-13/h7,9,12-13H,3-6,8,10H2,1-2H3,(H,25,28)/t19-/m1/s1. The van der Waals surface area contributed by atoms with Gasteiger partial charge in [-0.25, -0.2) is 0 Å². The minimum atomic E-state index is -4.47. The van der Waals surface area contributed by atoms with Crippen molar-refractivity contribution in [3.05, 3.63) is 35.3 Å². The molecule has 2 aliphatic carbocycles. The van der Waals surface area contributed by atoms with E-state index in [1.54, 1.807) is 13.8 Å². The Labute approximate surface area is 171 Å². The Balaban J connectivity index is 1.56. The summed E-state index contributed by atoms with van der Waals surface area (Å²) in [7, 11) is 0. The van der Waals surface area contributed by atoms with E-state index in [-0.39, 0.29) is 17.4 Å². The number of nitrogens with zero attached hydrogens (tertiary/aromatic N) is 3. The second-order valence-electron chi connectivity index (χ2n) is 8.35. The lowest BCUT2D eigenvalue weighted by molar-refractivity contribution is -0.153. The van der Waals surface area contributed by atoms with E-state index in [0.29, 0.717) is 29.7 Å². The van der Waals surface area contributed by atoms with Gasteiger partial charge in [-0.15, -0.1) is 10.2 Å². The number of carbonyl (C=O) groups excluding carboxylic acids is 1. The van der Waals surface area contributed by atoms with Crippen molar-refractivity contribution >= 4 is 5.91 Å². The highest BCUT2D eigenvalue weighted by Gasteiger charge is 2.40. The maximum atomic E-state index is 13.0. The molecule has 0 spiro atoms. The number of nitrogens with one attached hydrogen (secondary N) is 1. The highest BCUT2D eigenvalue weighted by atomic mass is 19.4. The third-order valence-corrected chi connectivity index (χ3v) is 5.32. The van der Waals surface area contributed by atoms with Crippen molar-refractivity contribution in [1.29, 1.82) is 0 Å². The van der Waals surface area contributed by atoms with Gasteiger partial charge >= 0.3 is 6.18 Å². The molecule has 30 heavy (non-hydrogen) atoms. The maximum absolute atomic E-state index is 13.0. The smallest absolute Gasteiger partial charge is 0.422 e. The number of aryl methyl sites for hydroxylation is 1. The van der Waals surface area contributed by atoms with Gasteiger partial charge in [-0.1, -0.05) is 12.8 Å². The average Bonchev–Trinajstić information content (AvgIpc) is 3.59. The second kappa shape index (κ2) is 7.55. The van der Waals surface area contributed by atoms with E-state index in [1.165, 1.54) is 12.3 Å². The van der Waals surface area contributed by atoms with E-state index in [2.05, 4.69) is 20.5 Å². The van der Waals surface area contributed by atoms with Crippen molar-refractivity contribution in [3.63, 3.8) is 0 Å². The summed E-state index contributed by atoms with van der Waals surface area (Å²) in [5.41, 5.74) is -0.317. The van der Waals surface area contributed by atoms with Gasteiger partial charge in [0, 0.05) is 24.8 Å². The zero-order valence-corrected chi connectivity index (χ0v) is 16.8. The van der Waals surface area contributed by atoms with Gasteiger partial charge in [-0.2, -0.15) is 13.2 Å². The monoisotopic (exact) mass is 424 g/mol. The van der Waals surface area contributed by atoms with Crippen LogP contribution in [0.5, 0.6) is 5.75 Å². The quantitative estimate of drug-likeness (QED) is 0.688. The molecule has 4 rings (SSSR count). The first-order valence-corrected chi connectivity index (χ1v) is 9.95. The van der Waals surface area contributed by atoms with Crippen LogP contribution in [0.1, 0.15) is 72.8 Å². The molecule has 1 atom stereocenters. The SMILES string of the molecule is Cc1nnc([C@@](C)(CC2CC2)NC(=O)c2cc(OCC(F)(F)F)c(C3CC3)cn2)o1. The summed E-state index contributed by atoms with van der Waals surface area (Å²) in [6.07, 6.45) is 1.44. The molecule has 1 amide bonds. The molecule has 2 aromatic heterocycles. The number of carbonyl (C=O) groups is 1. The number of rotatable bonds is 8. The van der Waals surface area contributed by atoms with Crippen LogP contribution in [0.25, 0.3) is 0 Å². The fourth-order valence-corrected chi connectivity index (χ4v) is 3.48. The lowest BCUT2D eigenvalue weighted by Crippen LogP contribution is -2.44. The molecule has 0 aromatic carbocycles. The Morgan fingerprint density at radius 2 is 2.00 bits per heavy atom. The topological polar surface area (TPSA) is 90.1 Å². The zero-order valence-electron chi connectivity index (χ0n) is 16.8. The van der Waals surface area contributed by atoms with Crippen molar-refractivity contribution in [1.82, 2.24) is 20.5 Å². The summed E-state index contributed by atoms with van der Waals surface area (Å²) in [4.78, 5) is 17.1. The van der Waals surface area contributed by atoms with Gasteiger partial charge in [-0.3, -0.25) is 9.78 Å². The largest absolute Gasteiger partial charge is 0.484 e. The van der Waals surface area contributed by atoms with Crippen LogP contribution in [0.2, 0.25) is 0 Å². The minimum Gasteiger partial charge on any atom is -0.484 e. The van der Waals surface area contributed by atoms with E-state index in [9.17, 15) is 18.0 Å². The van der Waals surface area contributed by atoms with E-state index in [4.69, 9.17) is 9.15 Å². The Bertz CT molecular complexity index is 938. The third-order valence-electron chi connectivity index (χ3n) is 5.32. The van der Waals surface area contributed by atoms with Crippen LogP contribution in [0.15, 0.2) is 16.7 Å². The summed E-state index contributed by atoms with van der Waals surface area (Å²) in [5.74, 6) is 0.762. The molecular formula is C20H23F3N4O3. The first-order chi connectivity index (χ1) is 14.1. The number of ether oxygens (including phenoxy) is 1. The summed E-state index contributed by atoms with van der Waals surface area (Å²) in [6.45, 7) is 2.05. The number of aromatic nitrogens is 3. The van der Waals surface area contributed by atoms with Gasteiger partial charge in [0.2, 0.25) is 11.8 Å². The fourth-order valence-electron chi connectivity index (χ4n) is 3.48. The van der Waals surface area contributed by atoms with Gasteiger partial charge in [0.15, 0.2) is 6.61 Å². The molecule has 0 bridgehead atoms. The summed E-state index contributed by atoms with van der Waals surface area (Å²) >= 11 is 0. The Morgan fingerprint density at radius 1 is 1.27 bits per heavy atom. The number of amides is 1. The number of alkyl halides is 3. The van der Waals surface area contributed by atoms with Crippen LogP contribution in [0.3, 0.4) is 0 Å². The van der Waals surface area contributed by atoms with Crippen molar-refractivity contribution in [2.45, 2.75) is 63.6 Å². The molecule has 162 valence electrons. The number of pyridine rings is 1. The van der Waals surface area contributed by atoms with Gasteiger partial charge in [0.05, 0.1) is 0 Å². The summed E-state index contributed by atoms with van der Waals surface area (Å²) in [5, 5.41) is 10.8. The Kier molecular flexibility index (Phi) is 5.19. The summed E-state index contributed by atoms with van der Waals surface area (Å²) in [6, 6.07) is 1.28. The molecule has 2 fully saturated rings. The predicted molar refractivity (Wildman–Crippen MR) is 99.0 cm³/mol. The van der Waals surface area contributed by atoms with E-state index < -0.39 is 24.2 Å². The average molecular weight is 424 g/mol. The molecule has 1 N–H and O–H groups in total. The van der Waals surface area contributed by atoms with Gasteiger partial charge < -0.3 is 14.5 Å². The molecule has 0 unspecified atom stereocenters. The molecule has 10 heteroatoms. The number of hydrogen-bond donors (Lipinski definition) is 1. The second-order valence-corrected chi connectivity index (χ2v) is 8.35. The first kappa shape index (κ1) is 20.6. The van der Waals surface area contributed by atoms with Crippen molar-refractivity contribution in [2.75, 3.05) is 6.61 Å². The Morgan fingerprint density at radius 3 is 2.57 bits per heavy atom. The van der Waals surface area contributed by atoms with Crippen molar-refractivity contribution in [3.8, 4) is 5.75 Å². The maximum Gasteiger partial charge on any atom is 0.422 e. The first-order valence-electron chi connectivity index (χ1n) is 9.95. The number of halogens is 3. The van der Waals surface area contributed by atoms with Crippen LogP contribution in [-0.4, -0.2) is 33.9 Å². The molecule has 2 aliphatic rings. The molecule has 0 aliphatic heterocycles. The van der Waals surface area contributed by atoms with E-state index in [1.807, 2.05) is 0 Å². The minimum absolute atomic E-state index is 0.0187. The van der Waals surface area contributed by atoms with Crippen LogP contribution >= 0.6 is 0 Å². The van der Waals surface area contributed by atoms with Gasteiger partial charge in [0.25, 0.3) is 5.91 Å². The van der Waals surface area contributed by atoms with Crippen LogP contribution in [-0.2, 0) is 5.54 Å². The molecular weight excluding hydrogens is 401 g/mol.